The van der Waals surface area contributed by atoms with Gasteiger partial charge in [0.15, 0.2) is 11.5 Å². The molecule has 0 radical (unpaired) electrons. The van der Waals surface area contributed by atoms with Crippen LogP contribution in [-0.2, 0) is 7.05 Å². The first-order valence-corrected chi connectivity index (χ1v) is 6.57. The smallest absolute Gasteiger partial charge is 0.305 e. The maximum absolute atomic E-state index is 12.1. The fourth-order valence-corrected chi connectivity index (χ4v) is 2.56. The number of benzene rings is 1. The average molecular weight is 301 g/mol. The first-order valence-electron chi connectivity index (χ1n) is 6.20. The summed E-state index contributed by atoms with van der Waals surface area (Å²) in [5.41, 5.74) is 1.44. The molecule has 4 aromatic rings. The summed E-state index contributed by atoms with van der Waals surface area (Å²) < 4.78 is 2.87. The molecule has 0 aliphatic carbocycles. The predicted octanol–water partition coefficient (Wildman–Crippen LogP) is 1.62. The minimum Gasteiger partial charge on any atom is -0.305 e. The molecule has 0 aliphatic rings. The lowest BCUT2D eigenvalue weighted by Gasteiger charge is -2.00. The van der Waals surface area contributed by atoms with Crippen LogP contribution in [0.2, 0.25) is 5.02 Å². The second-order valence-electron chi connectivity index (χ2n) is 4.67. The highest BCUT2D eigenvalue weighted by Crippen LogP contribution is 2.25. The molecule has 3 aromatic heterocycles. The minimum atomic E-state index is -0.359. The SMILES string of the molecule is Cn1cc(-c2nc3c4c(Cl)cccc4[nH]c(=O)n3n2)cn1. The monoisotopic (exact) mass is 300 g/mol. The summed E-state index contributed by atoms with van der Waals surface area (Å²) in [5, 5.41) is 9.50. The van der Waals surface area contributed by atoms with Crippen molar-refractivity contribution in [2.45, 2.75) is 0 Å². The van der Waals surface area contributed by atoms with Crippen LogP contribution in [0, 0.1) is 0 Å². The summed E-state index contributed by atoms with van der Waals surface area (Å²) in [4.78, 5) is 19.3. The molecule has 3 heterocycles. The first-order chi connectivity index (χ1) is 10.1. The molecule has 7 nitrogen and oxygen atoms in total. The Bertz CT molecular complexity index is 1040. The lowest BCUT2D eigenvalue weighted by atomic mass is 10.2. The molecule has 0 fully saturated rings. The van der Waals surface area contributed by atoms with E-state index in [0.717, 1.165) is 5.56 Å². The fraction of sp³-hybridized carbons (Fsp3) is 0.0769. The van der Waals surface area contributed by atoms with Crippen molar-refractivity contribution in [1.29, 1.82) is 0 Å². The van der Waals surface area contributed by atoms with E-state index in [-0.39, 0.29) is 5.69 Å². The van der Waals surface area contributed by atoms with Crippen molar-refractivity contribution in [3.63, 3.8) is 0 Å². The van der Waals surface area contributed by atoms with Gasteiger partial charge in [0.1, 0.15) is 0 Å². The molecule has 21 heavy (non-hydrogen) atoms. The Balaban J connectivity index is 2.13. The molecule has 0 saturated carbocycles. The number of nitrogens with one attached hydrogen (secondary N) is 1. The van der Waals surface area contributed by atoms with E-state index in [1.807, 2.05) is 0 Å². The highest BCUT2D eigenvalue weighted by molar-refractivity contribution is 6.36. The van der Waals surface area contributed by atoms with Crippen molar-refractivity contribution < 1.29 is 0 Å². The largest absolute Gasteiger partial charge is 0.348 e. The lowest BCUT2D eigenvalue weighted by molar-refractivity contribution is 0.768. The zero-order valence-electron chi connectivity index (χ0n) is 10.9. The molecule has 0 aliphatic heterocycles. The number of nitrogens with zero attached hydrogens (tertiary/aromatic N) is 5. The predicted molar refractivity (Wildman–Crippen MR) is 78.3 cm³/mol. The third-order valence-corrected chi connectivity index (χ3v) is 3.56. The van der Waals surface area contributed by atoms with Crippen LogP contribution in [-0.4, -0.2) is 29.4 Å². The number of halogens is 1. The van der Waals surface area contributed by atoms with Crippen molar-refractivity contribution >= 4 is 28.2 Å². The number of fused-ring (bicyclic) bond motifs is 3. The third-order valence-electron chi connectivity index (χ3n) is 3.24. The number of hydrogen-bond donors (Lipinski definition) is 1. The number of hydrogen-bond acceptors (Lipinski definition) is 4. The summed E-state index contributed by atoms with van der Waals surface area (Å²) in [6.45, 7) is 0. The van der Waals surface area contributed by atoms with E-state index < -0.39 is 0 Å². The molecule has 8 heteroatoms. The standard InChI is InChI=1S/C13H9ClN6O/c1-19-6-7(5-15-19)11-17-12-10-8(14)3-2-4-9(10)16-13(21)20(12)18-11/h2-6H,1H3,(H,16,21). The van der Waals surface area contributed by atoms with E-state index in [1.54, 1.807) is 42.3 Å². The maximum Gasteiger partial charge on any atom is 0.348 e. The Morgan fingerprint density at radius 2 is 2.19 bits per heavy atom. The Labute approximate surface area is 122 Å². The van der Waals surface area contributed by atoms with Gasteiger partial charge in [-0.1, -0.05) is 17.7 Å². The highest BCUT2D eigenvalue weighted by Gasteiger charge is 2.14. The van der Waals surface area contributed by atoms with Gasteiger partial charge in [-0.3, -0.25) is 4.68 Å². The molecular weight excluding hydrogens is 292 g/mol. The van der Waals surface area contributed by atoms with Gasteiger partial charge in [-0.15, -0.1) is 5.10 Å². The zero-order chi connectivity index (χ0) is 14.6. The number of H-pyrrole nitrogens is 1. The van der Waals surface area contributed by atoms with E-state index >= 15 is 0 Å². The van der Waals surface area contributed by atoms with E-state index in [0.29, 0.717) is 27.4 Å². The second-order valence-corrected chi connectivity index (χ2v) is 5.07. The number of aromatic amines is 1. The summed E-state index contributed by atoms with van der Waals surface area (Å²) in [6.07, 6.45) is 3.43. The van der Waals surface area contributed by atoms with E-state index in [1.165, 1.54) is 4.52 Å². The van der Waals surface area contributed by atoms with Gasteiger partial charge < -0.3 is 4.98 Å². The number of aryl methyl sites for hydroxylation is 1. The quantitative estimate of drug-likeness (QED) is 0.579. The van der Waals surface area contributed by atoms with E-state index in [4.69, 9.17) is 11.6 Å². The van der Waals surface area contributed by atoms with Crippen molar-refractivity contribution in [3.05, 3.63) is 46.1 Å². The van der Waals surface area contributed by atoms with Gasteiger partial charge in [0.05, 0.1) is 27.7 Å². The van der Waals surface area contributed by atoms with Gasteiger partial charge in [0, 0.05) is 13.2 Å². The molecule has 1 N–H and O–H groups in total. The van der Waals surface area contributed by atoms with Crippen LogP contribution in [0.4, 0.5) is 0 Å². The summed E-state index contributed by atoms with van der Waals surface area (Å²) in [6, 6.07) is 5.30. The van der Waals surface area contributed by atoms with Gasteiger partial charge in [0.25, 0.3) is 0 Å². The second kappa shape index (κ2) is 4.16. The molecule has 0 saturated heterocycles. The summed E-state index contributed by atoms with van der Waals surface area (Å²) in [5.74, 6) is 0.431. The average Bonchev–Trinajstić information content (AvgIpc) is 3.05. The van der Waals surface area contributed by atoms with Gasteiger partial charge in [-0.2, -0.15) is 9.61 Å². The molecule has 0 atom stereocenters. The Kier molecular flexibility index (Phi) is 2.40. The Morgan fingerprint density at radius 1 is 1.33 bits per heavy atom. The van der Waals surface area contributed by atoms with Crippen LogP contribution in [0.25, 0.3) is 27.9 Å². The molecule has 0 spiro atoms. The summed E-state index contributed by atoms with van der Waals surface area (Å²) >= 11 is 6.23. The number of rotatable bonds is 1. The topological polar surface area (TPSA) is 80.9 Å². The van der Waals surface area contributed by atoms with Crippen molar-refractivity contribution in [3.8, 4) is 11.4 Å². The van der Waals surface area contributed by atoms with Crippen LogP contribution in [0.15, 0.2) is 35.4 Å². The van der Waals surface area contributed by atoms with Gasteiger partial charge in [-0.25, -0.2) is 9.78 Å². The van der Waals surface area contributed by atoms with Crippen LogP contribution >= 0.6 is 11.6 Å². The Morgan fingerprint density at radius 3 is 2.95 bits per heavy atom. The van der Waals surface area contributed by atoms with E-state index in [2.05, 4.69) is 20.2 Å². The van der Waals surface area contributed by atoms with Gasteiger partial charge >= 0.3 is 5.69 Å². The molecule has 104 valence electrons. The maximum atomic E-state index is 12.1. The van der Waals surface area contributed by atoms with Crippen molar-refractivity contribution in [2.24, 2.45) is 7.05 Å². The van der Waals surface area contributed by atoms with Gasteiger partial charge in [0.2, 0.25) is 0 Å². The van der Waals surface area contributed by atoms with Crippen LogP contribution in [0.1, 0.15) is 0 Å². The molecule has 4 rings (SSSR count). The molecule has 1 aromatic carbocycles. The van der Waals surface area contributed by atoms with Crippen LogP contribution in [0.5, 0.6) is 0 Å². The molecule has 0 amide bonds. The first kappa shape index (κ1) is 12.1. The lowest BCUT2D eigenvalue weighted by Crippen LogP contribution is -2.17. The zero-order valence-corrected chi connectivity index (χ0v) is 11.7. The van der Waals surface area contributed by atoms with E-state index in [9.17, 15) is 4.79 Å². The molecule has 0 unspecified atom stereocenters. The molecule has 0 bridgehead atoms. The fourth-order valence-electron chi connectivity index (χ4n) is 2.30. The van der Waals surface area contributed by atoms with Crippen molar-refractivity contribution in [2.75, 3.05) is 0 Å². The highest BCUT2D eigenvalue weighted by atomic mass is 35.5. The normalized spacial score (nSPS) is 11.5. The number of aromatic nitrogens is 6. The molecular formula is C13H9ClN6O. The van der Waals surface area contributed by atoms with Crippen LogP contribution < -0.4 is 5.69 Å². The van der Waals surface area contributed by atoms with Crippen molar-refractivity contribution in [1.82, 2.24) is 29.4 Å². The van der Waals surface area contributed by atoms with Crippen LogP contribution in [0.3, 0.4) is 0 Å². The van der Waals surface area contributed by atoms with Gasteiger partial charge in [-0.05, 0) is 12.1 Å². The Hall–Kier alpha value is -2.67. The minimum absolute atomic E-state index is 0.359. The third kappa shape index (κ3) is 1.74. The summed E-state index contributed by atoms with van der Waals surface area (Å²) in [7, 11) is 1.80.